The minimum Gasteiger partial charge on any atom is -0.495 e. The number of aliphatic hydroxyl groups excluding tert-OH is 1. The monoisotopic (exact) mass is 411 g/mol. The van der Waals surface area contributed by atoms with E-state index in [1.807, 2.05) is 19.9 Å². The summed E-state index contributed by atoms with van der Waals surface area (Å²) in [5.74, 6) is 2.33. The summed E-state index contributed by atoms with van der Waals surface area (Å²) in [5.41, 5.74) is 1.63. The van der Waals surface area contributed by atoms with Crippen molar-refractivity contribution in [2.75, 3.05) is 25.6 Å². The molecule has 30 heavy (non-hydrogen) atoms. The molecule has 0 aliphatic heterocycles. The van der Waals surface area contributed by atoms with Crippen LogP contribution in [-0.4, -0.2) is 31.3 Å². The first kappa shape index (κ1) is 21.3. The number of carbonyl (C=O) groups is 1. The summed E-state index contributed by atoms with van der Waals surface area (Å²) < 4.78 is 22.1. The van der Waals surface area contributed by atoms with Crippen LogP contribution in [0.2, 0.25) is 0 Å². The van der Waals surface area contributed by atoms with Crippen LogP contribution in [-0.2, 0) is 6.61 Å². The lowest BCUT2D eigenvalue weighted by atomic mass is 10.1. The summed E-state index contributed by atoms with van der Waals surface area (Å²) >= 11 is 0. The highest BCUT2D eigenvalue weighted by atomic mass is 16.5. The smallest absolute Gasteiger partial charge is 0.256 e. The molecule has 0 aliphatic carbocycles. The third-order valence-corrected chi connectivity index (χ3v) is 4.31. The Hall–Kier alpha value is -3.45. The molecular formula is C23H25NO6. The third kappa shape index (κ3) is 4.93. The number of amides is 1. The number of furan rings is 1. The van der Waals surface area contributed by atoms with Gasteiger partial charge in [0, 0.05) is 17.2 Å². The van der Waals surface area contributed by atoms with Crippen LogP contribution in [0.15, 0.2) is 52.9 Å². The van der Waals surface area contributed by atoms with E-state index in [2.05, 4.69) is 5.32 Å². The molecular weight excluding hydrogens is 386 g/mol. The average molecular weight is 411 g/mol. The molecule has 0 bridgehead atoms. The van der Waals surface area contributed by atoms with Gasteiger partial charge in [0.25, 0.3) is 5.91 Å². The van der Waals surface area contributed by atoms with Crippen LogP contribution in [0.1, 0.15) is 30.0 Å². The molecule has 1 amide bonds. The van der Waals surface area contributed by atoms with Crippen molar-refractivity contribution < 1.29 is 28.5 Å². The number of benzene rings is 2. The fourth-order valence-electron chi connectivity index (χ4n) is 2.97. The first-order chi connectivity index (χ1) is 14.6. The normalized spacial score (nSPS) is 10.5. The number of nitrogens with one attached hydrogen (secondary N) is 1. The maximum absolute atomic E-state index is 13.0. The van der Waals surface area contributed by atoms with E-state index >= 15 is 0 Å². The Morgan fingerprint density at radius 3 is 2.27 bits per heavy atom. The van der Waals surface area contributed by atoms with Gasteiger partial charge in [0.1, 0.15) is 35.4 Å². The van der Waals surface area contributed by atoms with Gasteiger partial charge < -0.3 is 29.1 Å². The molecule has 0 saturated heterocycles. The van der Waals surface area contributed by atoms with E-state index in [-0.39, 0.29) is 12.5 Å². The van der Waals surface area contributed by atoms with Gasteiger partial charge in [-0.2, -0.15) is 0 Å². The highest BCUT2D eigenvalue weighted by molar-refractivity contribution is 6.05. The molecule has 0 radical (unpaired) electrons. The van der Waals surface area contributed by atoms with Gasteiger partial charge >= 0.3 is 0 Å². The van der Waals surface area contributed by atoms with Crippen LogP contribution in [0.25, 0.3) is 11.3 Å². The molecule has 0 spiro atoms. The molecule has 0 fully saturated rings. The molecule has 2 N–H and O–H groups in total. The second kappa shape index (κ2) is 9.84. The SMILES string of the molecule is CCOc1cc(OCC)cc(C(=O)Nc2cc(-c3ccc(CO)o3)ccc2OC)c1. The minimum absolute atomic E-state index is 0.182. The molecule has 0 aliphatic rings. The Balaban J connectivity index is 1.91. The van der Waals surface area contributed by atoms with Crippen LogP contribution in [0.4, 0.5) is 5.69 Å². The summed E-state index contributed by atoms with van der Waals surface area (Å²) in [5, 5.41) is 12.1. The second-order valence-corrected chi connectivity index (χ2v) is 6.35. The van der Waals surface area contributed by atoms with E-state index in [9.17, 15) is 9.90 Å². The summed E-state index contributed by atoms with van der Waals surface area (Å²) in [6.45, 7) is 4.52. The molecule has 3 rings (SSSR count). The van der Waals surface area contributed by atoms with Crippen molar-refractivity contribution in [1.82, 2.24) is 0 Å². The summed E-state index contributed by atoms with van der Waals surface area (Å²) in [6.07, 6.45) is 0. The van der Waals surface area contributed by atoms with Crippen molar-refractivity contribution in [3.05, 3.63) is 59.9 Å². The first-order valence-corrected chi connectivity index (χ1v) is 9.68. The number of anilines is 1. The van der Waals surface area contributed by atoms with Gasteiger partial charge in [-0.25, -0.2) is 0 Å². The predicted molar refractivity (Wildman–Crippen MR) is 113 cm³/mol. The molecule has 1 aromatic heterocycles. The Kier molecular flexibility index (Phi) is 6.98. The molecule has 7 heteroatoms. The molecule has 3 aromatic rings. The van der Waals surface area contributed by atoms with Gasteiger partial charge in [-0.3, -0.25) is 4.79 Å². The lowest BCUT2D eigenvalue weighted by Crippen LogP contribution is -2.13. The van der Waals surface area contributed by atoms with Gasteiger partial charge in [0.2, 0.25) is 0 Å². The third-order valence-electron chi connectivity index (χ3n) is 4.31. The number of ether oxygens (including phenoxy) is 3. The quantitative estimate of drug-likeness (QED) is 0.539. The van der Waals surface area contributed by atoms with Gasteiger partial charge in [-0.15, -0.1) is 0 Å². The molecule has 0 unspecified atom stereocenters. The first-order valence-electron chi connectivity index (χ1n) is 9.68. The zero-order valence-electron chi connectivity index (χ0n) is 17.2. The molecule has 0 atom stereocenters. The van der Waals surface area contributed by atoms with Gasteiger partial charge in [-0.05, 0) is 56.3 Å². The average Bonchev–Trinajstić information content (AvgIpc) is 3.23. The van der Waals surface area contributed by atoms with Crippen molar-refractivity contribution in [2.24, 2.45) is 0 Å². The van der Waals surface area contributed by atoms with Crippen LogP contribution < -0.4 is 19.5 Å². The Labute approximate surface area is 175 Å². The topological polar surface area (TPSA) is 90.2 Å². The molecule has 158 valence electrons. The second-order valence-electron chi connectivity index (χ2n) is 6.35. The highest BCUT2D eigenvalue weighted by Crippen LogP contribution is 2.32. The van der Waals surface area contributed by atoms with Gasteiger partial charge in [-0.1, -0.05) is 0 Å². The van der Waals surface area contributed by atoms with Gasteiger partial charge in [0.05, 0.1) is 26.0 Å². The minimum atomic E-state index is -0.330. The lowest BCUT2D eigenvalue weighted by molar-refractivity contribution is 0.102. The van der Waals surface area contributed by atoms with Crippen molar-refractivity contribution in [3.8, 4) is 28.6 Å². The van der Waals surface area contributed by atoms with Crippen LogP contribution >= 0.6 is 0 Å². The van der Waals surface area contributed by atoms with E-state index in [1.165, 1.54) is 7.11 Å². The van der Waals surface area contributed by atoms with E-state index in [0.29, 0.717) is 53.2 Å². The van der Waals surface area contributed by atoms with E-state index in [1.54, 1.807) is 42.5 Å². The number of hydrogen-bond donors (Lipinski definition) is 2. The number of hydrogen-bond acceptors (Lipinski definition) is 6. The molecule has 0 saturated carbocycles. The summed E-state index contributed by atoms with van der Waals surface area (Å²) in [7, 11) is 1.53. The van der Waals surface area contributed by atoms with Gasteiger partial charge in [0.15, 0.2) is 0 Å². The van der Waals surface area contributed by atoms with E-state index < -0.39 is 0 Å². The summed E-state index contributed by atoms with van der Waals surface area (Å²) in [6, 6.07) is 13.9. The van der Waals surface area contributed by atoms with Crippen molar-refractivity contribution in [2.45, 2.75) is 20.5 Å². The maximum Gasteiger partial charge on any atom is 0.256 e. The Bertz CT molecular complexity index is 986. The number of methoxy groups -OCH3 is 1. The fourth-order valence-corrected chi connectivity index (χ4v) is 2.97. The van der Waals surface area contributed by atoms with Crippen LogP contribution in [0.5, 0.6) is 17.2 Å². The number of aliphatic hydroxyl groups is 1. The maximum atomic E-state index is 13.0. The van der Waals surface area contributed by atoms with Crippen molar-refractivity contribution in [3.63, 3.8) is 0 Å². The molecule has 2 aromatic carbocycles. The van der Waals surface area contributed by atoms with Crippen LogP contribution in [0, 0.1) is 0 Å². The highest BCUT2D eigenvalue weighted by Gasteiger charge is 2.15. The van der Waals surface area contributed by atoms with Crippen molar-refractivity contribution in [1.29, 1.82) is 0 Å². The van der Waals surface area contributed by atoms with Crippen LogP contribution in [0.3, 0.4) is 0 Å². The molecule has 7 nitrogen and oxygen atoms in total. The zero-order chi connectivity index (χ0) is 21.5. The summed E-state index contributed by atoms with van der Waals surface area (Å²) in [4.78, 5) is 13.0. The van der Waals surface area contributed by atoms with Crippen molar-refractivity contribution >= 4 is 11.6 Å². The number of carbonyl (C=O) groups excluding carboxylic acids is 1. The molecule has 1 heterocycles. The predicted octanol–water partition coefficient (Wildman–Crippen LogP) is 4.50. The van der Waals surface area contributed by atoms with E-state index in [0.717, 1.165) is 5.56 Å². The standard InChI is InChI=1S/C23H25NO6/c1-4-28-18-10-16(11-19(13-18)29-5-2)23(26)24-20-12-15(6-8-22(20)27-3)21-9-7-17(14-25)30-21/h6-13,25H,4-5,14H2,1-3H3,(H,24,26). The van der Waals surface area contributed by atoms with E-state index in [4.69, 9.17) is 18.6 Å². The lowest BCUT2D eigenvalue weighted by Gasteiger charge is -2.13. The fraction of sp³-hybridized carbons (Fsp3) is 0.261. The Morgan fingerprint density at radius 2 is 1.70 bits per heavy atom. The largest absolute Gasteiger partial charge is 0.495 e. The zero-order valence-corrected chi connectivity index (χ0v) is 17.2. The Morgan fingerprint density at radius 1 is 1.00 bits per heavy atom. The number of rotatable bonds is 9.